The van der Waals surface area contributed by atoms with Crippen molar-refractivity contribution in [2.45, 2.75) is 6.61 Å². The fraction of sp³-hybridized carbons (Fsp3) is 0.0435. The van der Waals surface area contributed by atoms with Crippen LogP contribution >= 0.6 is 99.6 Å². The van der Waals surface area contributed by atoms with E-state index in [2.05, 4.69) is 134 Å². The molecular weight excluding hydrogens is 893 g/mol. The number of furan rings is 1. The highest BCUT2D eigenvalue weighted by atomic mass is 127. The first-order chi connectivity index (χ1) is 15.8. The summed E-state index contributed by atoms with van der Waals surface area (Å²) in [6.45, 7) is 0.497. The minimum absolute atomic E-state index is 0.185. The van der Waals surface area contributed by atoms with Crippen LogP contribution in [0.25, 0.3) is 11.0 Å². The van der Waals surface area contributed by atoms with E-state index in [-0.39, 0.29) is 5.76 Å². The maximum atomic E-state index is 12.5. The molecule has 0 radical (unpaired) electrons. The second kappa shape index (κ2) is 11.4. The molecule has 0 saturated carbocycles. The molecule has 0 unspecified atom stereocenters. The van der Waals surface area contributed by atoms with Gasteiger partial charge in [-0.1, -0.05) is 28.1 Å². The Balaban J connectivity index is 1.42. The van der Waals surface area contributed by atoms with Gasteiger partial charge in [0, 0.05) is 13.4 Å². The van der Waals surface area contributed by atoms with Crippen molar-refractivity contribution in [2.75, 3.05) is 0 Å². The van der Waals surface area contributed by atoms with Gasteiger partial charge in [-0.25, -0.2) is 5.43 Å². The zero-order chi connectivity index (χ0) is 23.5. The van der Waals surface area contributed by atoms with E-state index in [1.807, 2.05) is 24.3 Å². The lowest BCUT2D eigenvalue weighted by molar-refractivity contribution is 0.0929. The lowest BCUT2D eigenvalue weighted by Crippen LogP contribution is -2.16. The molecule has 4 aromatic rings. The Morgan fingerprint density at radius 3 is 2.42 bits per heavy atom. The normalized spacial score (nSPS) is 11.3. The van der Waals surface area contributed by atoms with E-state index in [4.69, 9.17) is 9.15 Å². The number of fused-ring (bicyclic) bond motifs is 1. The number of amides is 1. The maximum Gasteiger partial charge on any atom is 0.307 e. The number of halogens is 5. The van der Waals surface area contributed by atoms with Crippen molar-refractivity contribution in [3.8, 4) is 5.75 Å². The molecule has 33 heavy (non-hydrogen) atoms. The number of hydrogen-bond acceptors (Lipinski definition) is 4. The van der Waals surface area contributed by atoms with Crippen LogP contribution in [0.1, 0.15) is 21.7 Å². The Morgan fingerprint density at radius 1 is 1.03 bits per heavy atom. The molecule has 0 atom stereocenters. The third-order valence-corrected chi connectivity index (χ3v) is 7.82. The molecule has 0 bridgehead atoms. The number of hydrogen-bond donors (Lipinski definition) is 1. The molecule has 0 spiro atoms. The van der Waals surface area contributed by atoms with Crippen LogP contribution in [0.5, 0.6) is 5.75 Å². The summed E-state index contributed by atoms with van der Waals surface area (Å²) >= 11 is 13.6. The van der Waals surface area contributed by atoms with E-state index in [0.717, 1.165) is 38.3 Å². The van der Waals surface area contributed by atoms with E-state index < -0.39 is 5.91 Å². The zero-order valence-corrected chi connectivity index (χ0v) is 26.2. The lowest BCUT2D eigenvalue weighted by Gasteiger charge is -2.11. The molecule has 3 aromatic carbocycles. The SMILES string of the molecule is O=C(N/N=C\c1cc(I)c(OCc2ccc(I)cc2)c(I)c1)c1cc2cc(Br)cc(Br)c2o1. The van der Waals surface area contributed by atoms with Crippen molar-refractivity contribution >= 4 is 123 Å². The summed E-state index contributed by atoms with van der Waals surface area (Å²) < 4.78 is 16.5. The summed E-state index contributed by atoms with van der Waals surface area (Å²) in [4.78, 5) is 12.5. The van der Waals surface area contributed by atoms with E-state index in [1.165, 1.54) is 3.57 Å². The molecule has 0 fully saturated rings. The minimum Gasteiger partial charge on any atom is -0.487 e. The first-order valence-electron chi connectivity index (χ1n) is 9.38. The molecule has 1 N–H and O–H groups in total. The largest absolute Gasteiger partial charge is 0.487 e. The van der Waals surface area contributed by atoms with Gasteiger partial charge < -0.3 is 9.15 Å². The second-order valence-electron chi connectivity index (χ2n) is 6.84. The number of benzene rings is 3. The standard InChI is InChI=1S/C23H13Br2I3N2O3/c24-15-7-14-8-20(33-21(14)17(25)9-15)23(31)30-29-10-13-5-18(27)22(19(28)6-13)32-11-12-1-3-16(26)4-2-12/h1-10H,11H2,(H,30,31)/b29-10-. The number of rotatable bonds is 6. The van der Waals surface area contributed by atoms with Crippen molar-refractivity contribution in [3.05, 3.63) is 91.1 Å². The average Bonchev–Trinajstić information content (AvgIpc) is 3.19. The predicted molar refractivity (Wildman–Crippen MR) is 162 cm³/mol. The quantitative estimate of drug-likeness (QED) is 0.121. The highest BCUT2D eigenvalue weighted by molar-refractivity contribution is 14.1. The van der Waals surface area contributed by atoms with Gasteiger partial charge >= 0.3 is 5.91 Å². The van der Waals surface area contributed by atoms with E-state index in [0.29, 0.717) is 12.2 Å². The number of hydrazone groups is 1. The lowest BCUT2D eigenvalue weighted by atomic mass is 10.2. The molecule has 0 aliphatic carbocycles. The Bertz CT molecular complexity index is 1350. The summed E-state index contributed by atoms with van der Waals surface area (Å²) in [5.41, 5.74) is 5.09. The smallest absolute Gasteiger partial charge is 0.307 e. The molecule has 1 heterocycles. The van der Waals surface area contributed by atoms with Crippen molar-refractivity contribution in [1.82, 2.24) is 5.43 Å². The summed E-state index contributed by atoms with van der Waals surface area (Å²) in [7, 11) is 0. The van der Waals surface area contributed by atoms with E-state index >= 15 is 0 Å². The van der Waals surface area contributed by atoms with Crippen LogP contribution in [-0.4, -0.2) is 12.1 Å². The van der Waals surface area contributed by atoms with Crippen LogP contribution in [0.4, 0.5) is 0 Å². The molecule has 0 aliphatic rings. The van der Waals surface area contributed by atoms with Gasteiger partial charge in [0.05, 0.1) is 17.8 Å². The highest BCUT2D eigenvalue weighted by Gasteiger charge is 2.14. The minimum atomic E-state index is -0.424. The van der Waals surface area contributed by atoms with Crippen LogP contribution in [0.15, 0.2) is 73.1 Å². The Kier molecular flexibility index (Phi) is 8.73. The molecule has 1 amide bonds. The third kappa shape index (κ3) is 6.49. The van der Waals surface area contributed by atoms with Crippen LogP contribution in [0.2, 0.25) is 0 Å². The van der Waals surface area contributed by atoms with Gasteiger partial charge in [-0.3, -0.25) is 4.79 Å². The van der Waals surface area contributed by atoms with Gasteiger partial charge in [0.2, 0.25) is 0 Å². The Hall–Kier alpha value is -0.710. The summed E-state index contributed by atoms with van der Waals surface area (Å²) in [6, 6.07) is 17.6. The van der Waals surface area contributed by atoms with Crippen molar-refractivity contribution in [2.24, 2.45) is 5.10 Å². The van der Waals surface area contributed by atoms with Crippen molar-refractivity contribution in [1.29, 1.82) is 0 Å². The molecule has 0 saturated heterocycles. The number of nitrogens with one attached hydrogen (secondary N) is 1. The van der Waals surface area contributed by atoms with E-state index in [1.54, 1.807) is 12.3 Å². The molecule has 168 valence electrons. The number of carbonyl (C=O) groups is 1. The van der Waals surface area contributed by atoms with Gasteiger partial charge in [0.15, 0.2) is 5.76 Å². The van der Waals surface area contributed by atoms with Gasteiger partial charge in [-0.2, -0.15) is 5.10 Å². The topological polar surface area (TPSA) is 63.8 Å². The number of carbonyl (C=O) groups excluding carboxylic acids is 1. The van der Waals surface area contributed by atoms with Crippen LogP contribution in [-0.2, 0) is 6.61 Å². The fourth-order valence-corrected chi connectivity index (χ4v) is 6.76. The van der Waals surface area contributed by atoms with Gasteiger partial charge in [0.25, 0.3) is 0 Å². The van der Waals surface area contributed by atoms with Gasteiger partial charge in [-0.15, -0.1) is 0 Å². The molecular formula is C23H13Br2I3N2O3. The molecule has 4 rings (SSSR count). The molecule has 1 aromatic heterocycles. The third-order valence-electron chi connectivity index (χ3n) is 4.46. The van der Waals surface area contributed by atoms with Crippen molar-refractivity contribution < 1.29 is 13.9 Å². The number of ether oxygens (including phenoxy) is 1. The van der Waals surface area contributed by atoms with Crippen molar-refractivity contribution in [3.63, 3.8) is 0 Å². The van der Waals surface area contributed by atoms with Crippen LogP contribution in [0.3, 0.4) is 0 Å². The van der Waals surface area contributed by atoms with Gasteiger partial charge in [0.1, 0.15) is 17.9 Å². The molecule has 10 heteroatoms. The summed E-state index contributed by atoms with van der Waals surface area (Å²) in [5.74, 6) is 0.590. The Labute approximate surface area is 247 Å². The molecule has 5 nitrogen and oxygen atoms in total. The molecule has 0 aliphatic heterocycles. The average molecular weight is 906 g/mol. The second-order valence-corrected chi connectivity index (χ2v) is 12.2. The zero-order valence-electron chi connectivity index (χ0n) is 16.5. The van der Waals surface area contributed by atoms with Gasteiger partial charge in [-0.05, 0) is 137 Å². The Morgan fingerprint density at radius 2 is 1.73 bits per heavy atom. The summed E-state index contributed by atoms with van der Waals surface area (Å²) in [6.07, 6.45) is 1.60. The highest BCUT2D eigenvalue weighted by Crippen LogP contribution is 2.31. The fourth-order valence-electron chi connectivity index (χ4n) is 2.94. The first-order valence-corrected chi connectivity index (χ1v) is 14.2. The van der Waals surface area contributed by atoms with Crippen LogP contribution in [0, 0.1) is 10.7 Å². The number of nitrogens with zero attached hydrogens (tertiary/aromatic N) is 1. The monoisotopic (exact) mass is 904 g/mol. The predicted octanol–water partition coefficient (Wildman–Crippen LogP) is 8.11. The first kappa shape index (κ1) is 25.4. The maximum absolute atomic E-state index is 12.5. The summed E-state index contributed by atoms with van der Waals surface area (Å²) in [5, 5.41) is 4.90. The van der Waals surface area contributed by atoms with Crippen LogP contribution < -0.4 is 10.2 Å². The van der Waals surface area contributed by atoms with E-state index in [9.17, 15) is 4.79 Å².